The van der Waals surface area contributed by atoms with Gasteiger partial charge in [0.25, 0.3) is 0 Å². The van der Waals surface area contributed by atoms with Crippen LogP contribution in [-0.2, 0) is 28.6 Å². The average Bonchev–Trinajstić information content (AvgIpc) is 3.09. The maximum absolute atomic E-state index is 12.6. The van der Waals surface area contributed by atoms with Gasteiger partial charge in [0.1, 0.15) is 6.61 Å². The van der Waals surface area contributed by atoms with Crippen LogP contribution in [0.1, 0.15) is 97.3 Å². The predicted octanol–water partition coefficient (Wildman–Crippen LogP) is 9.73. The summed E-state index contributed by atoms with van der Waals surface area (Å²) in [7, 11) is 5.45. The molecule has 2 atom stereocenters. The molecule has 0 aliphatic heterocycles. The van der Waals surface area contributed by atoms with Crippen LogP contribution < -0.4 is 0 Å². The molecule has 0 aromatic rings. The Morgan fingerprint density at radius 2 is 1.00 bits per heavy atom. The van der Waals surface area contributed by atoms with Crippen LogP contribution in [0.4, 0.5) is 0 Å². The largest absolute Gasteiger partial charge is 0.477 e. The zero-order chi connectivity index (χ0) is 38.5. The first-order valence-corrected chi connectivity index (χ1v) is 18.9. The molecule has 0 saturated carbocycles. The van der Waals surface area contributed by atoms with Gasteiger partial charge >= 0.3 is 17.9 Å². The summed E-state index contributed by atoms with van der Waals surface area (Å²) in [4.78, 5) is 36.7. The van der Waals surface area contributed by atoms with Crippen LogP contribution in [0.5, 0.6) is 0 Å². The molecule has 290 valence electrons. The second kappa shape index (κ2) is 34.1. The Kier molecular flexibility index (Phi) is 31.5. The standard InChI is InChI=1S/C44H67NO7/c1-6-8-10-12-14-16-18-20-21-23-25-27-29-31-33-35-43(47)52-40(38-50-37-36-41(44(48)49)45(3,4)5)39-51-42(46)34-32-30-28-26-24-22-19-17-15-13-11-9-7-2/h8-11,14-17,20-22,24-25,27-28,30-31,33,40-41H,6-7,12-13,18-19,23,26,29,32,34-39H2,1-5H3/p+1/b10-8-,11-9-,16-14-,17-15-,21-20-,24-22-,27-25-,30-28-,33-31-. The molecule has 0 bridgehead atoms. The van der Waals surface area contributed by atoms with Crippen molar-refractivity contribution in [1.29, 1.82) is 0 Å². The summed E-state index contributed by atoms with van der Waals surface area (Å²) in [5, 5.41) is 9.58. The molecule has 8 nitrogen and oxygen atoms in total. The predicted molar refractivity (Wildman–Crippen MR) is 215 cm³/mol. The van der Waals surface area contributed by atoms with Gasteiger partial charge in [-0.15, -0.1) is 0 Å². The molecule has 8 heteroatoms. The molecule has 0 spiro atoms. The molecule has 0 heterocycles. The Labute approximate surface area is 315 Å². The molecular formula is C44H68NO7+. The first-order valence-electron chi connectivity index (χ1n) is 18.9. The van der Waals surface area contributed by atoms with E-state index in [1.807, 2.05) is 45.4 Å². The minimum atomic E-state index is -0.904. The first-order chi connectivity index (χ1) is 25.1. The Hall–Kier alpha value is -4.01. The van der Waals surface area contributed by atoms with E-state index >= 15 is 0 Å². The summed E-state index contributed by atoms with van der Waals surface area (Å²) in [6.07, 6.45) is 46.1. The zero-order valence-corrected chi connectivity index (χ0v) is 32.7. The molecule has 0 aromatic carbocycles. The number of hydrogen-bond acceptors (Lipinski definition) is 6. The Bertz CT molecular complexity index is 1210. The summed E-state index contributed by atoms with van der Waals surface area (Å²) in [5.74, 6) is -1.75. The lowest BCUT2D eigenvalue weighted by Crippen LogP contribution is -2.50. The van der Waals surface area contributed by atoms with Crippen LogP contribution in [-0.4, -0.2) is 80.6 Å². The highest BCUT2D eigenvalue weighted by molar-refractivity contribution is 5.72. The molecule has 0 saturated heterocycles. The van der Waals surface area contributed by atoms with Crippen LogP contribution in [0.25, 0.3) is 0 Å². The summed E-state index contributed by atoms with van der Waals surface area (Å²) in [5.41, 5.74) is 0. The van der Waals surface area contributed by atoms with Crippen molar-refractivity contribution in [3.63, 3.8) is 0 Å². The van der Waals surface area contributed by atoms with E-state index in [4.69, 9.17) is 14.2 Å². The maximum Gasteiger partial charge on any atom is 0.362 e. The Balaban J connectivity index is 4.71. The van der Waals surface area contributed by atoms with Crippen molar-refractivity contribution in [3.8, 4) is 0 Å². The highest BCUT2D eigenvalue weighted by Crippen LogP contribution is 2.10. The number of carboxylic acids is 1. The van der Waals surface area contributed by atoms with Crippen molar-refractivity contribution >= 4 is 17.9 Å². The maximum atomic E-state index is 12.6. The van der Waals surface area contributed by atoms with E-state index in [9.17, 15) is 19.5 Å². The van der Waals surface area contributed by atoms with E-state index < -0.39 is 30.1 Å². The molecule has 2 unspecified atom stereocenters. The van der Waals surface area contributed by atoms with Crippen molar-refractivity contribution in [3.05, 3.63) is 109 Å². The van der Waals surface area contributed by atoms with E-state index in [1.54, 1.807) is 6.08 Å². The minimum absolute atomic E-state index is 0.00889. The van der Waals surface area contributed by atoms with Crippen molar-refractivity contribution in [2.24, 2.45) is 0 Å². The van der Waals surface area contributed by atoms with Gasteiger partial charge in [0.05, 0.1) is 40.8 Å². The molecular weight excluding hydrogens is 654 g/mol. The number of carboxylic acid groups (broad SMARTS) is 1. The lowest BCUT2D eigenvalue weighted by Gasteiger charge is -2.31. The van der Waals surface area contributed by atoms with E-state index in [1.165, 1.54) is 0 Å². The number of ether oxygens (including phenoxy) is 3. The van der Waals surface area contributed by atoms with Crippen molar-refractivity contribution in [2.45, 2.75) is 109 Å². The van der Waals surface area contributed by atoms with Gasteiger partial charge in [-0.25, -0.2) is 4.79 Å². The Morgan fingerprint density at radius 3 is 1.42 bits per heavy atom. The second-order valence-corrected chi connectivity index (χ2v) is 13.1. The number of aliphatic carboxylic acids is 1. The van der Waals surface area contributed by atoms with Gasteiger partial charge in [-0.05, 0) is 64.2 Å². The molecule has 0 rings (SSSR count). The van der Waals surface area contributed by atoms with E-state index in [0.29, 0.717) is 12.8 Å². The number of carbonyl (C=O) groups excluding carboxylic acids is 2. The monoisotopic (exact) mass is 722 g/mol. The molecule has 0 radical (unpaired) electrons. The van der Waals surface area contributed by atoms with Crippen molar-refractivity contribution in [1.82, 2.24) is 0 Å². The number of esters is 2. The van der Waals surface area contributed by atoms with Crippen LogP contribution >= 0.6 is 0 Å². The Morgan fingerprint density at radius 1 is 0.577 bits per heavy atom. The molecule has 0 aromatic heterocycles. The molecule has 0 fully saturated rings. The van der Waals surface area contributed by atoms with Gasteiger partial charge in [-0.3, -0.25) is 9.59 Å². The number of nitrogens with zero attached hydrogens (tertiary/aromatic N) is 1. The normalized spacial score (nSPS) is 14.2. The minimum Gasteiger partial charge on any atom is -0.477 e. The van der Waals surface area contributed by atoms with Gasteiger partial charge < -0.3 is 23.8 Å². The number of likely N-dealkylation sites (N-methyl/N-ethyl adjacent to an activating group) is 1. The van der Waals surface area contributed by atoms with Gasteiger partial charge in [-0.1, -0.05) is 123 Å². The summed E-state index contributed by atoms with van der Waals surface area (Å²) >= 11 is 0. The van der Waals surface area contributed by atoms with Crippen LogP contribution in [0.2, 0.25) is 0 Å². The SMILES string of the molecule is CC/C=C\C/C=C\C/C=C\C/C=C\C/C=C\CC(=O)OC(COCCC(C(=O)O)[N+](C)(C)C)COC(=O)CC/C=C\C/C=C\C/C=C\C/C=C\CC. The summed E-state index contributed by atoms with van der Waals surface area (Å²) in [6.45, 7) is 4.27. The second-order valence-electron chi connectivity index (χ2n) is 13.1. The molecule has 52 heavy (non-hydrogen) atoms. The zero-order valence-electron chi connectivity index (χ0n) is 32.7. The highest BCUT2D eigenvalue weighted by Gasteiger charge is 2.31. The van der Waals surface area contributed by atoms with Crippen LogP contribution in [0, 0.1) is 0 Å². The van der Waals surface area contributed by atoms with Gasteiger partial charge in [0.2, 0.25) is 0 Å². The fourth-order valence-electron chi connectivity index (χ4n) is 4.59. The number of quaternary nitrogens is 1. The van der Waals surface area contributed by atoms with Crippen LogP contribution in [0.15, 0.2) is 109 Å². The number of carbonyl (C=O) groups is 3. The number of allylic oxidation sites excluding steroid dienone is 17. The van der Waals surface area contributed by atoms with E-state index in [-0.39, 0.29) is 43.6 Å². The highest BCUT2D eigenvalue weighted by atomic mass is 16.6. The third-order valence-corrected chi connectivity index (χ3v) is 7.46. The summed E-state index contributed by atoms with van der Waals surface area (Å²) in [6, 6.07) is -0.646. The third-order valence-electron chi connectivity index (χ3n) is 7.46. The van der Waals surface area contributed by atoms with Crippen LogP contribution in [0.3, 0.4) is 0 Å². The average molecular weight is 723 g/mol. The summed E-state index contributed by atoms with van der Waals surface area (Å²) < 4.78 is 17.0. The fourth-order valence-corrected chi connectivity index (χ4v) is 4.59. The molecule has 1 N–H and O–H groups in total. The molecule has 0 aliphatic rings. The smallest absolute Gasteiger partial charge is 0.362 e. The van der Waals surface area contributed by atoms with Gasteiger partial charge in [0.15, 0.2) is 12.1 Å². The van der Waals surface area contributed by atoms with Crippen molar-refractivity contribution in [2.75, 3.05) is 41.0 Å². The lowest BCUT2D eigenvalue weighted by atomic mass is 10.1. The molecule has 0 amide bonds. The topological polar surface area (TPSA) is 99.1 Å². The number of rotatable bonds is 31. The van der Waals surface area contributed by atoms with Crippen molar-refractivity contribution < 1.29 is 38.2 Å². The van der Waals surface area contributed by atoms with Gasteiger partial charge in [0, 0.05) is 12.8 Å². The third kappa shape index (κ3) is 31.9. The van der Waals surface area contributed by atoms with E-state index in [2.05, 4.69) is 92.8 Å². The first kappa shape index (κ1) is 48.0. The molecule has 0 aliphatic carbocycles. The fraction of sp³-hybridized carbons (Fsp3) is 0.523. The lowest BCUT2D eigenvalue weighted by molar-refractivity contribution is -0.887. The van der Waals surface area contributed by atoms with E-state index in [0.717, 1.165) is 51.4 Å². The number of hydrogen-bond donors (Lipinski definition) is 1. The van der Waals surface area contributed by atoms with Gasteiger partial charge in [-0.2, -0.15) is 0 Å². The quantitative estimate of drug-likeness (QED) is 0.0329.